The molecule has 0 aliphatic heterocycles. The van der Waals surface area contributed by atoms with Gasteiger partial charge in [-0.25, -0.2) is 9.97 Å². The van der Waals surface area contributed by atoms with E-state index >= 15 is 0 Å². The van der Waals surface area contributed by atoms with Crippen molar-refractivity contribution in [2.24, 2.45) is 5.73 Å². The van der Waals surface area contributed by atoms with Crippen molar-refractivity contribution in [1.29, 1.82) is 0 Å². The summed E-state index contributed by atoms with van der Waals surface area (Å²) in [7, 11) is 0. The quantitative estimate of drug-likeness (QED) is 0.103. The molecule has 8 nitrogen and oxygen atoms in total. The molecule has 0 radical (unpaired) electrons. The highest BCUT2D eigenvalue weighted by Crippen LogP contribution is 2.22. The maximum absolute atomic E-state index is 12.2. The molecule has 13 heteroatoms. The number of hydrogen-bond donors (Lipinski definition) is 2. The van der Waals surface area contributed by atoms with E-state index in [1.54, 1.807) is 30.9 Å². The molecule has 0 aliphatic rings. The predicted octanol–water partition coefficient (Wildman–Crippen LogP) is 9.57. The topological polar surface area (TPSA) is 124 Å². The van der Waals surface area contributed by atoms with E-state index in [0.29, 0.717) is 10.0 Å². The highest BCUT2D eigenvalue weighted by atomic mass is 35.5. The lowest BCUT2D eigenvalue weighted by molar-refractivity contribution is 0.0938. The van der Waals surface area contributed by atoms with Gasteiger partial charge in [0.05, 0.1) is 31.8 Å². The third-order valence-electron chi connectivity index (χ3n) is 5.85. The number of aromatic nitrogens is 4. The number of Topliss-reactive ketones (excluding diaryl/α,β-unsaturated/α-hetero) is 1. The van der Waals surface area contributed by atoms with E-state index in [-0.39, 0.29) is 43.3 Å². The van der Waals surface area contributed by atoms with Crippen LogP contribution >= 0.6 is 45.9 Å². The number of thiazole rings is 2. The zero-order valence-electron chi connectivity index (χ0n) is 27.9. The summed E-state index contributed by atoms with van der Waals surface area (Å²) in [6, 6.07) is 23.6. The van der Waals surface area contributed by atoms with Crippen molar-refractivity contribution in [3.8, 4) is 0 Å². The first kappa shape index (κ1) is 40.9. The van der Waals surface area contributed by atoms with Crippen LogP contribution < -0.4 is 11.1 Å². The molecular formula is C35H41AlCl2N6O2S2. The Morgan fingerprint density at radius 2 is 1.19 bits per heavy atom. The van der Waals surface area contributed by atoms with Crippen molar-refractivity contribution in [1.82, 2.24) is 25.3 Å². The normalized spacial score (nSPS) is 11.1. The highest BCUT2D eigenvalue weighted by molar-refractivity contribution is 7.20. The van der Waals surface area contributed by atoms with Crippen molar-refractivity contribution in [2.75, 3.05) is 5.34 Å². The van der Waals surface area contributed by atoms with E-state index < -0.39 is 0 Å². The second kappa shape index (κ2) is 22.4. The van der Waals surface area contributed by atoms with Crippen LogP contribution in [0.25, 0.3) is 20.4 Å². The van der Waals surface area contributed by atoms with Crippen LogP contribution in [0.15, 0.2) is 97.6 Å². The number of nitrogens with zero attached hydrogens (tertiary/aromatic N) is 4. The molecule has 0 saturated carbocycles. The Morgan fingerprint density at radius 1 is 0.771 bits per heavy atom. The molecule has 0 aliphatic carbocycles. The molecule has 0 spiro atoms. The maximum atomic E-state index is 12.2. The van der Waals surface area contributed by atoms with Crippen molar-refractivity contribution in [3.05, 3.63) is 119 Å². The average Bonchev–Trinajstić information content (AvgIpc) is 3.72. The van der Waals surface area contributed by atoms with Crippen LogP contribution in [0.5, 0.6) is 0 Å². The molecule has 2 aromatic carbocycles. The van der Waals surface area contributed by atoms with Crippen LogP contribution in [0.1, 0.15) is 63.6 Å². The van der Waals surface area contributed by atoms with E-state index in [9.17, 15) is 9.59 Å². The van der Waals surface area contributed by atoms with Gasteiger partial charge in [-0.2, -0.15) is 0 Å². The summed E-state index contributed by atoms with van der Waals surface area (Å²) in [5.41, 5.74) is 9.53. The van der Waals surface area contributed by atoms with Gasteiger partial charge in [-0.3, -0.25) is 19.6 Å². The summed E-state index contributed by atoms with van der Waals surface area (Å²) in [6.45, 7) is 5.46. The Balaban J connectivity index is 0.000000243. The smallest absolute Gasteiger partial charge is 0.280 e. The molecule has 0 bridgehead atoms. The molecule has 252 valence electrons. The number of amides is 1. The minimum Gasteiger partial charge on any atom is -0.343 e. The number of nitrogens with two attached hydrogens (primary N) is 1. The summed E-state index contributed by atoms with van der Waals surface area (Å²) in [5, 5.41) is 4.18. The second-order valence-electron chi connectivity index (χ2n) is 10.9. The number of nitrogens with one attached hydrogen (secondary N) is 1. The van der Waals surface area contributed by atoms with E-state index in [1.807, 2.05) is 80.6 Å². The first-order valence-corrected chi connectivity index (χ1v) is 21.3. The summed E-state index contributed by atoms with van der Waals surface area (Å²) in [5.74, 6) is 6.78. The van der Waals surface area contributed by atoms with Crippen molar-refractivity contribution in [3.63, 3.8) is 0 Å². The second-order valence-corrected chi connectivity index (χ2v) is 17.3. The molecule has 1 amide bonds. The van der Waals surface area contributed by atoms with Gasteiger partial charge in [0.15, 0.2) is 15.8 Å². The third kappa shape index (κ3) is 14.9. The summed E-state index contributed by atoms with van der Waals surface area (Å²) < 4.78 is 1.88. The lowest BCUT2D eigenvalue weighted by atomic mass is 10.1. The van der Waals surface area contributed by atoms with Gasteiger partial charge in [0.2, 0.25) is 0 Å². The number of fused-ring (bicyclic) bond motifs is 2. The number of carbonyl (C=O) groups excluding carboxylic acids is 2. The van der Waals surface area contributed by atoms with E-state index in [1.165, 1.54) is 35.2 Å². The average molecular weight is 740 g/mol. The summed E-state index contributed by atoms with van der Waals surface area (Å²) >= 11 is 12.1. The van der Waals surface area contributed by atoms with Crippen LogP contribution in [0.3, 0.4) is 0 Å². The van der Waals surface area contributed by atoms with Gasteiger partial charge in [-0.05, 0) is 37.1 Å². The number of rotatable bonds is 5. The molecule has 2 atom stereocenters. The van der Waals surface area contributed by atoms with Crippen molar-refractivity contribution in [2.45, 2.75) is 50.2 Å². The Hall–Kier alpha value is -3.27. The monoisotopic (exact) mass is 738 g/mol. The summed E-state index contributed by atoms with van der Waals surface area (Å²) in [6.07, 6.45) is 6.80. The van der Waals surface area contributed by atoms with Gasteiger partial charge in [0, 0.05) is 37.8 Å². The Bertz CT molecular complexity index is 1740. The van der Waals surface area contributed by atoms with Gasteiger partial charge >= 0.3 is 0 Å². The molecule has 6 rings (SSSR count). The van der Waals surface area contributed by atoms with Gasteiger partial charge in [0.1, 0.15) is 0 Å². The van der Waals surface area contributed by atoms with Gasteiger partial charge in [-0.15, -0.1) is 63.2 Å². The first-order valence-electron chi connectivity index (χ1n) is 15.2. The van der Waals surface area contributed by atoms with Crippen LogP contribution in [0.4, 0.5) is 0 Å². The Morgan fingerprint density at radius 3 is 1.58 bits per heavy atom. The van der Waals surface area contributed by atoms with Gasteiger partial charge < -0.3 is 11.1 Å². The fourth-order valence-corrected chi connectivity index (χ4v) is 5.31. The molecule has 0 fully saturated rings. The lowest BCUT2D eigenvalue weighted by Gasteiger charge is -2.12. The third-order valence-corrected chi connectivity index (χ3v) is 7.96. The molecular weight excluding hydrogens is 698 g/mol. The number of ketones is 1. The predicted molar refractivity (Wildman–Crippen MR) is 206 cm³/mol. The van der Waals surface area contributed by atoms with Gasteiger partial charge in [-0.1, -0.05) is 60.7 Å². The van der Waals surface area contributed by atoms with Gasteiger partial charge in [0.25, 0.3) is 20.1 Å². The maximum Gasteiger partial charge on any atom is 0.280 e. The zero-order valence-corrected chi connectivity index (χ0v) is 32.2. The molecule has 48 heavy (non-hydrogen) atoms. The van der Waals surface area contributed by atoms with Crippen LogP contribution in [0.2, 0.25) is 17.4 Å². The van der Waals surface area contributed by atoms with E-state index in [0.717, 1.165) is 26.0 Å². The molecule has 6 aromatic rings. The SMILES string of the molecule is CC(=O)c1nc2ccncc2s1.C[C@@H](N)c1ccccc1.C[C@@H](NC(=O)c1nc2ccncc2s1)c1ccccc1.ClCCl.[CH3][Al]([CH3])[CH3]. The molecule has 0 saturated heterocycles. The Kier molecular flexibility index (Phi) is 19.1. The zero-order chi connectivity index (χ0) is 35.5. The number of pyridine rings is 2. The van der Waals surface area contributed by atoms with Crippen LogP contribution in [0, 0.1) is 0 Å². The number of carbonyl (C=O) groups is 2. The Labute approximate surface area is 305 Å². The minimum absolute atomic E-state index is 0.0104. The minimum atomic E-state index is -0.150. The first-order chi connectivity index (χ1) is 23.0. The molecule has 4 aromatic heterocycles. The largest absolute Gasteiger partial charge is 0.343 e. The number of hydrogen-bond acceptors (Lipinski definition) is 9. The molecule has 0 unspecified atom stereocenters. The summed E-state index contributed by atoms with van der Waals surface area (Å²) in [4.78, 5) is 39.6. The number of benzene rings is 2. The van der Waals surface area contributed by atoms with Crippen LogP contribution in [-0.4, -0.2) is 51.1 Å². The lowest BCUT2D eigenvalue weighted by Crippen LogP contribution is -2.26. The highest BCUT2D eigenvalue weighted by Gasteiger charge is 2.15. The number of halogens is 2. The molecule has 4 heterocycles. The van der Waals surface area contributed by atoms with E-state index in [4.69, 9.17) is 28.9 Å². The van der Waals surface area contributed by atoms with E-state index in [2.05, 4.69) is 42.6 Å². The number of alkyl halides is 2. The standard InChI is InChI=1S/C15H13N3OS.C8H6N2OS.C8H11N.CH2Cl2.3CH3.Al/c1-10(11-5-3-2-4-6-11)17-14(19)15-18-12-7-8-16-9-13(12)20-15;1-5(11)8-10-6-2-3-9-4-7(6)12-8;1-7(9)8-5-3-2-4-6-8;2-1-3;;;;/h2-10H,1H3,(H,17,19);2-4H,1H3;2-7H,9H2,1H3;1H2;3*1H3;/t10-;;7-;;;;;/m1.1...../s1. The fraction of sp³-hybridized carbons (Fsp3) is 0.257. The van der Waals surface area contributed by atoms with Crippen LogP contribution in [-0.2, 0) is 0 Å². The molecule has 3 N–H and O–H groups in total. The van der Waals surface area contributed by atoms with Crippen molar-refractivity contribution < 1.29 is 9.59 Å². The fourth-order valence-electron chi connectivity index (χ4n) is 3.65. The van der Waals surface area contributed by atoms with Crippen molar-refractivity contribution >= 4 is 92.1 Å².